The zero-order valence-electron chi connectivity index (χ0n) is 12.8. The van der Waals surface area contributed by atoms with Gasteiger partial charge in [-0.05, 0) is 31.2 Å². The van der Waals surface area contributed by atoms with Crippen molar-refractivity contribution in [2.45, 2.75) is 13.5 Å². The van der Waals surface area contributed by atoms with E-state index >= 15 is 0 Å². The lowest BCUT2D eigenvalue weighted by atomic mass is 10.4. The van der Waals surface area contributed by atoms with E-state index in [2.05, 4.69) is 20.3 Å². The molecule has 0 unspecified atom stereocenters. The van der Waals surface area contributed by atoms with Gasteiger partial charge in [-0.3, -0.25) is 14.7 Å². The number of thiazole rings is 1. The quantitative estimate of drug-likeness (QED) is 0.616. The Hall–Kier alpha value is -3.00. The first-order valence-electron chi connectivity index (χ1n) is 7.38. The molecule has 1 amide bonds. The fourth-order valence-corrected chi connectivity index (χ4v) is 3.18. The van der Waals surface area contributed by atoms with Crippen molar-refractivity contribution in [2.24, 2.45) is 0 Å². The molecule has 1 N–H and O–H groups in total. The average Bonchev–Trinajstić information content (AvgIpc) is 3.33. The first kappa shape index (κ1) is 14.6. The molecule has 7 nitrogen and oxygen atoms in total. The molecule has 0 bridgehead atoms. The molecule has 0 spiro atoms. The van der Waals surface area contributed by atoms with Crippen molar-refractivity contribution in [1.29, 1.82) is 0 Å². The number of carbonyl (C=O) groups is 1. The van der Waals surface area contributed by atoms with Gasteiger partial charge in [-0.2, -0.15) is 0 Å². The predicted octanol–water partition coefficient (Wildman–Crippen LogP) is 3.42. The van der Waals surface area contributed by atoms with Crippen LogP contribution in [0.2, 0.25) is 0 Å². The molecule has 0 saturated carbocycles. The summed E-state index contributed by atoms with van der Waals surface area (Å²) in [7, 11) is 0. The molecular weight excluding hydrogens is 326 g/mol. The van der Waals surface area contributed by atoms with Gasteiger partial charge in [0.25, 0.3) is 5.91 Å². The summed E-state index contributed by atoms with van der Waals surface area (Å²) in [5, 5.41) is 5.17. The first-order chi connectivity index (χ1) is 11.8. The molecule has 24 heavy (non-hydrogen) atoms. The number of furan rings is 1. The smallest absolute Gasteiger partial charge is 0.277 e. The minimum atomic E-state index is -0.311. The van der Waals surface area contributed by atoms with Gasteiger partial charge in [0.05, 0.1) is 6.26 Å². The number of pyridine rings is 1. The lowest BCUT2D eigenvalue weighted by Crippen LogP contribution is -2.16. The standard InChI is InChI=1S/C16H13N5O2S/c1-2-21-13-10(5-3-7-17-13)19-16(21)20-14(22)11-9-24-15(18-11)12-6-4-8-23-12/h3-9H,2H2,1H3,(H,19,20,22). The highest BCUT2D eigenvalue weighted by Gasteiger charge is 2.17. The second-order valence-electron chi connectivity index (χ2n) is 5.00. The lowest BCUT2D eigenvalue weighted by molar-refractivity contribution is 0.102. The topological polar surface area (TPSA) is 85.8 Å². The van der Waals surface area contributed by atoms with E-state index < -0.39 is 0 Å². The number of hydrogen-bond donors (Lipinski definition) is 1. The highest BCUT2D eigenvalue weighted by Crippen LogP contribution is 2.24. The number of imidazole rings is 1. The van der Waals surface area contributed by atoms with Crippen LogP contribution in [-0.4, -0.2) is 25.4 Å². The van der Waals surface area contributed by atoms with Gasteiger partial charge in [-0.1, -0.05) is 0 Å². The molecular formula is C16H13N5O2S. The number of nitrogens with one attached hydrogen (secondary N) is 1. The van der Waals surface area contributed by atoms with Gasteiger partial charge in [-0.25, -0.2) is 15.0 Å². The normalized spacial score (nSPS) is 11.0. The van der Waals surface area contributed by atoms with E-state index in [1.54, 1.807) is 23.9 Å². The SMILES string of the molecule is CCn1c(NC(=O)c2csc(-c3ccco3)n2)nc2cccnc21. The van der Waals surface area contributed by atoms with E-state index in [1.165, 1.54) is 11.3 Å². The van der Waals surface area contributed by atoms with Gasteiger partial charge in [-0.15, -0.1) is 11.3 Å². The summed E-state index contributed by atoms with van der Waals surface area (Å²) in [5.41, 5.74) is 1.81. The molecule has 0 aromatic carbocycles. The van der Waals surface area contributed by atoms with Crippen LogP contribution in [0.4, 0.5) is 5.95 Å². The Bertz CT molecular complexity index is 1000. The van der Waals surface area contributed by atoms with Crippen LogP contribution in [0.25, 0.3) is 21.9 Å². The maximum atomic E-state index is 12.5. The van der Waals surface area contributed by atoms with Gasteiger partial charge in [0.1, 0.15) is 11.2 Å². The predicted molar refractivity (Wildman–Crippen MR) is 91.0 cm³/mol. The minimum Gasteiger partial charge on any atom is -0.462 e. The molecule has 4 aromatic heterocycles. The molecule has 0 atom stereocenters. The summed E-state index contributed by atoms with van der Waals surface area (Å²) in [6.45, 7) is 2.63. The number of rotatable bonds is 4. The molecule has 8 heteroatoms. The van der Waals surface area contributed by atoms with Crippen molar-refractivity contribution in [3.8, 4) is 10.8 Å². The number of nitrogens with zero attached hydrogens (tertiary/aromatic N) is 4. The van der Waals surface area contributed by atoms with Crippen LogP contribution in [-0.2, 0) is 6.54 Å². The Labute approximate surface area is 141 Å². The number of aryl methyl sites for hydroxylation is 1. The molecule has 0 aliphatic rings. The number of aromatic nitrogens is 4. The maximum Gasteiger partial charge on any atom is 0.277 e. The molecule has 4 rings (SSSR count). The second kappa shape index (κ2) is 5.89. The van der Waals surface area contributed by atoms with Crippen molar-refractivity contribution >= 4 is 34.4 Å². The van der Waals surface area contributed by atoms with Crippen molar-refractivity contribution in [3.63, 3.8) is 0 Å². The zero-order chi connectivity index (χ0) is 16.5. The molecule has 0 aliphatic heterocycles. The Kier molecular flexibility index (Phi) is 3.58. The largest absolute Gasteiger partial charge is 0.462 e. The number of amides is 1. The summed E-state index contributed by atoms with van der Waals surface area (Å²) in [5.74, 6) is 0.793. The van der Waals surface area contributed by atoms with Gasteiger partial charge in [0, 0.05) is 18.1 Å². The van der Waals surface area contributed by atoms with E-state index in [-0.39, 0.29) is 5.91 Å². The Balaban J connectivity index is 1.63. The van der Waals surface area contributed by atoms with Crippen molar-refractivity contribution in [2.75, 3.05) is 5.32 Å². The lowest BCUT2D eigenvalue weighted by Gasteiger charge is -2.05. The van der Waals surface area contributed by atoms with Gasteiger partial charge in [0.2, 0.25) is 5.95 Å². The van der Waals surface area contributed by atoms with E-state index in [1.807, 2.05) is 29.7 Å². The summed E-state index contributed by atoms with van der Waals surface area (Å²) in [6.07, 6.45) is 3.28. The van der Waals surface area contributed by atoms with Crippen LogP contribution in [0.15, 0.2) is 46.5 Å². The third-order valence-corrected chi connectivity index (χ3v) is 4.37. The summed E-state index contributed by atoms with van der Waals surface area (Å²) < 4.78 is 7.15. The number of hydrogen-bond acceptors (Lipinski definition) is 6. The average molecular weight is 339 g/mol. The van der Waals surface area contributed by atoms with Gasteiger partial charge < -0.3 is 4.42 Å². The van der Waals surface area contributed by atoms with E-state index in [4.69, 9.17) is 4.42 Å². The molecule has 4 heterocycles. The highest BCUT2D eigenvalue weighted by molar-refractivity contribution is 7.13. The van der Waals surface area contributed by atoms with Crippen LogP contribution in [0, 0.1) is 0 Å². The molecule has 0 radical (unpaired) electrons. The van der Waals surface area contributed by atoms with Crippen molar-refractivity contribution in [3.05, 3.63) is 47.8 Å². The molecule has 0 saturated heterocycles. The second-order valence-corrected chi connectivity index (χ2v) is 5.85. The van der Waals surface area contributed by atoms with E-state index in [9.17, 15) is 4.79 Å². The monoisotopic (exact) mass is 339 g/mol. The summed E-state index contributed by atoms with van der Waals surface area (Å²) in [4.78, 5) is 25.5. The maximum absolute atomic E-state index is 12.5. The first-order valence-corrected chi connectivity index (χ1v) is 8.26. The molecule has 0 fully saturated rings. The van der Waals surface area contributed by atoms with Gasteiger partial charge in [0.15, 0.2) is 16.4 Å². The van der Waals surface area contributed by atoms with Crippen LogP contribution < -0.4 is 5.32 Å². The van der Waals surface area contributed by atoms with Crippen molar-refractivity contribution < 1.29 is 9.21 Å². The fraction of sp³-hybridized carbons (Fsp3) is 0.125. The van der Waals surface area contributed by atoms with Gasteiger partial charge >= 0.3 is 0 Å². The van der Waals surface area contributed by atoms with Crippen LogP contribution in [0.1, 0.15) is 17.4 Å². The fourth-order valence-electron chi connectivity index (χ4n) is 2.41. The molecule has 120 valence electrons. The highest BCUT2D eigenvalue weighted by atomic mass is 32.1. The number of carbonyl (C=O) groups excluding carboxylic acids is 1. The van der Waals surface area contributed by atoms with E-state index in [0.29, 0.717) is 29.0 Å². The third-order valence-electron chi connectivity index (χ3n) is 3.51. The molecule has 0 aliphatic carbocycles. The van der Waals surface area contributed by atoms with Crippen LogP contribution in [0.5, 0.6) is 0 Å². The Morgan fingerprint density at radius 3 is 3.04 bits per heavy atom. The summed E-state index contributed by atoms with van der Waals surface area (Å²) in [6, 6.07) is 7.27. The van der Waals surface area contributed by atoms with E-state index in [0.717, 1.165) is 11.2 Å². The summed E-state index contributed by atoms with van der Waals surface area (Å²) >= 11 is 1.36. The van der Waals surface area contributed by atoms with Crippen molar-refractivity contribution in [1.82, 2.24) is 19.5 Å². The Morgan fingerprint density at radius 2 is 2.25 bits per heavy atom. The minimum absolute atomic E-state index is 0.311. The number of anilines is 1. The van der Waals surface area contributed by atoms with Crippen LogP contribution >= 0.6 is 11.3 Å². The molecule has 4 aromatic rings. The van der Waals surface area contributed by atoms with Crippen LogP contribution in [0.3, 0.4) is 0 Å². The Morgan fingerprint density at radius 1 is 1.33 bits per heavy atom. The number of fused-ring (bicyclic) bond motifs is 1. The zero-order valence-corrected chi connectivity index (χ0v) is 13.6. The third kappa shape index (κ3) is 2.46.